The first kappa shape index (κ1) is 21.0. The van der Waals surface area contributed by atoms with Gasteiger partial charge in [-0.2, -0.15) is 0 Å². The molecule has 0 saturated heterocycles. The van der Waals surface area contributed by atoms with E-state index in [2.05, 4.69) is 61.7 Å². The summed E-state index contributed by atoms with van der Waals surface area (Å²) in [5, 5.41) is 0. The zero-order valence-electron chi connectivity index (χ0n) is 18.5. The van der Waals surface area contributed by atoms with E-state index in [4.69, 9.17) is 14.5 Å². The summed E-state index contributed by atoms with van der Waals surface area (Å²) >= 11 is 0. The highest BCUT2D eigenvalue weighted by atomic mass is 16.5. The molecule has 4 aromatic rings. The summed E-state index contributed by atoms with van der Waals surface area (Å²) in [5.74, 6) is 3.20. The van der Waals surface area contributed by atoms with Gasteiger partial charge in [0.2, 0.25) is 0 Å². The Morgan fingerprint density at radius 1 is 0.903 bits per heavy atom. The van der Waals surface area contributed by atoms with Gasteiger partial charge in [-0.15, -0.1) is 0 Å². The summed E-state index contributed by atoms with van der Waals surface area (Å²) < 4.78 is 14.4. The van der Waals surface area contributed by atoms with Gasteiger partial charge < -0.3 is 14.0 Å². The molecule has 0 N–H and O–H groups in total. The fraction of sp³-hybridized carbons (Fsp3) is 0.296. The van der Waals surface area contributed by atoms with E-state index in [-0.39, 0.29) is 0 Å². The zero-order chi connectivity index (χ0) is 21.6. The molecule has 0 fully saturated rings. The first-order chi connectivity index (χ1) is 15.1. The molecule has 0 aliphatic rings. The number of para-hydroxylation sites is 3. The predicted molar refractivity (Wildman–Crippen MR) is 126 cm³/mol. The number of fused-ring (bicyclic) bond motifs is 1. The number of ether oxygens (including phenoxy) is 2. The normalized spacial score (nSPS) is 11.2. The van der Waals surface area contributed by atoms with Crippen molar-refractivity contribution in [2.24, 2.45) is 0 Å². The monoisotopic (exact) mass is 414 g/mol. The molecular formula is C27H30N2O2. The summed E-state index contributed by atoms with van der Waals surface area (Å²) in [6.45, 7) is 8.42. The number of aromatic nitrogens is 2. The number of benzene rings is 3. The van der Waals surface area contributed by atoms with Gasteiger partial charge in [0.15, 0.2) is 0 Å². The van der Waals surface area contributed by atoms with Gasteiger partial charge in [-0.1, -0.05) is 56.3 Å². The second-order valence-corrected chi connectivity index (χ2v) is 8.17. The lowest BCUT2D eigenvalue weighted by Gasteiger charge is -2.16. The second-order valence-electron chi connectivity index (χ2n) is 8.17. The summed E-state index contributed by atoms with van der Waals surface area (Å²) in [6.07, 6.45) is 0.893. The number of hydrogen-bond donors (Lipinski definition) is 0. The van der Waals surface area contributed by atoms with Crippen LogP contribution in [0.2, 0.25) is 0 Å². The van der Waals surface area contributed by atoms with Gasteiger partial charge in [0.25, 0.3) is 0 Å². The number of imidazole rings is 1. The van der Waals surface area contributed by atoms with Gasteiger partial charge >= 0.3 is 0 Å². The van der Waals surface area contributed by atoms with Crippen LogP contribution in [0.4, 0.5) is 0 Å². The molecule has 0 radical (unpaired) electrons. The van der Waals surface area contributed by atoms with Crippen molar-refractivity contribution >= 4 is 11.0 Å². The van der Waals surface area contributed by atoms with Gasteiger partial charge in [-0.05, 0) is 60.7 Å². The standard InChI is InChI=1S/C27H30N2O2/c1-20(2)23-15-14-21(3)18-26(23)31-19-27-28-24-12-7-8-13-25(24)29(27)16-9-17-30-22-10-5-4-6-11-22/h4-8,10-15,18,20H,9,16-17,19H2,1-3H3. The molecule has 1 heterocycles. The SMILES string of the molecule is Cc1ccc(C(C)C)c(OCc2nc3ccccc3n2CCCOc2ccccc2)c1. The van der Waals surface area contributed by atoms with Crippen LogP contribution in [0.5, 0.6) is 11.5 Å². The third kappa shape index (κ3) is 5.08. The van der Waals surface area contributed by atoms with Gasteiger partial charge in [0, 0.05) is 6.54 Å². The van der Waals surface area contributed by atoms with Crippen LogP contribution < -0.4 is 9.47 Å². The number of aryl methyl sites for hydroxylation is 2. The van der Waals surface area contributed by atoms with Gasteiger partial charge in [0.05, 0.1) is 17.6 Å². The maximum absolute atomic E-state index is 6.30. The fourth-order valence-electron chi connectivity index (χ4n) is 3.80. The summed E-state index contributed by atoms with van der Waals surface area (Å²) in [7, 11) is 0. The van der Waals surface area contributed by atoms with E-state index in [1.807, 2.05) is 36.4 Å². The Labute approximate surface area is 184 Å². The average molecular weight is 415 g/mol. The maximum atomic E-state index is 6.30. The van der Waals surface area contributed by atoms with Crippen molar-refractivity contribution in [3.8, 4) is 11.5 Å². The molecule has 0 atom stereocenters. The lowest BCUT2D eigenvalue weighted by molar-refractivity contribution is 0.277. The van der Waals surface area contributed by atoms with E-state index in [1.165, 1.54) is 11.1 Å². The highest BCUT2D eigenvalue weighted by Crippen LogP contribution is 2.28. The number of nitrogens with zero attached hydrogens (tertiary/aromatic N) is 2. The molecule has 31 heavy (non-hydrogen) atoms. The molecule has 160 valence electrons. The van der Waals surface area contributed by atoms with Crippen LogP contribution in [0.3, 0.4) is 0 Å². The first-order valence-electron chi connectivity index (χ1n) is 11.0. The summed E-state index contributed by atoms with van der Waals surface area (Å²) in [6, 6.07) is 24.6. The van der Waals surface area contributed by atoms with E-state index >= 15 is 0 Å². The average Bonchev–Trinajstić information content (AvgIpc) is 3.13. The second kappa shape index (κ2) is 9.69. The Hall–Kier alpha value is -3.27. The van der Waals surface area contributed by atoms with Crippen molar-refractivity contribution in [1.29, 1.82) is 0 Å². The van der Waals surface area contributed by atoms with Gasteiger partial charge in [-0.25, -0.2) is 4.98 Å². The Morgan fingerprint density at radius 3 is 2.48 bits per heavy atom. The van der Waals surface area contributed by atoms with Crippen molar-refractivity contribution in [1.82, 2.24) is 9.55 Å². The molecule has 0 saturated carbocycles. The molecule has 0 amide bonds. The number of rotatable bonds is 9. The van der Waals surface area contributed by atoms with Crippen molar-refractivity contribution in [2.45, 2.75) is 46.3 Å². The van der Waals surface area contributed by atoms with Crippen LogP contribution in [0.1, 0.15) is 43.1 Å². The molecule has 4 rings (SSSR count). The number of hydrogen-bond acceptors (Lipinski definition) is 3. The third-order valence-corrected chi connectivity index (χ3v) is 5.42. The molecule has 0 unspecified atom stereocenters. The minimum absolute atomic E-state index is 0.407. The molecule has 0 bridgehead atoms. The van der Waals surface area contributed by atoms with Crippen LogP contribution >= 0.6 is 0 Å². The molecule has 0 aliphatic heterocycles. The van der Waals surface area contributed by atoms with Crippen LogP contribution in [0, 0.1) is 6.92 Å². The van der Waals surface area contributed by atoms with Crippen molar-refractivity contribution < 1.29 is 9.47 Å². The molecule has 4 heteroatoms. The predicted octanol–water partition coefficient (Wildman–Crippen LogP) is 6.52. The molecule has 3 aromatic carbocycles. The van der Waals surface area contributed by atoms with Crippen molar-refractivity contribution in [3.63, 3.8) is 0 Å². The van der Waals surface area contributed by atoms with Crippen LogP contribution in [0.25, 0.3) is 11.0 Å². The van der Waals surface area contributed by atoms with Crippen LogP contribution in [-0.2, 0) is 13.2 Å². The van der Waals surface area contributed by atoms with E-state index in [1.54, 1.807) is 0 Å². The molecule has 0 aliphatic carbocycles. The Balaban J connectivity index is 1.49. The quantitative estimate of drug-likeness (QED) is 0.293. The van der Waals surface area contributed by atoms with E-state index in [0.717, 1.165) is 41.3 Å². The smallest absolute Gasteiger partial charge is 0.148 e. The zero-order valence-corrected chi connectivity index (χ0v) is 18.5. The molecule has 1 aromatic heterocycles. The van der Waals surface area contributed by atoms with Gasteiger partial charge in [0.1, 0.15) is 23.9 Å². The van der Waals surface area contributed by atoms with Crippen LogP contribution in [0.15, 0.2) is 72.8 Å². The Bertz CT molecular complexity index is 1130. The summed E-state index contributed by atoms with van der Waals surface area (Å²) in [5.41, 5.74) is 4.56. The van der Waals surface area contributed by atoms with Crippen LogP contribution in [-0.4, -0.2) is 16.2 Å². The highest BCUT2D eigenvalue weighted by Gasteiger charge is 2.13. The van der Waals surface area contributed by atoms with E-state index in [0.29, 0.717) is 19.1 Å². The minimum Gasteiger partial charge on any atom is -0.494 e. The van der Waals surface area contributed by atoms with Crippen molar-refractivity contribution in [3.05, 3.63) is 89.7 Å². The first-order valence-corrected chi connectivity index (χ1v) is 11.0. The molecule has 4 nitrogen and oxygen atoms in total. The fourth-order valence-corrected chi connectivity index (χ4v) is 3.80. The molecule has 0 spiro atoms. The largest absolute Gasteiger partial charge is 0.494 e. The van der Waals surface area contributed by atoms with E-state index in [9.17, 15) is 0 Å². The Kier molecular flexibility index (Phi) is 6.56. The van der Waals surface area contributed by atoms with E-state index < -0.39 is 0 Å². The summed E-state index contributed by atoms with van der Waals surface area (Å²) in [4.78, 5) is 4.86. The van der Waals surface area contributed by atoms with Crippen molar-refractivity contribution in [2.75, 3.05) is 6.61 Å². The van der Waals surface area contributed by atoms with Gasteiger partial charge in [-0.3, -0.25) is 0 Å². The molecular weight excluding hydrogens is 384 g/mol. The lowest BCUT2D eigenvalue weighted by atomic mass is 10.0. The lowest BCUT2D eigenvalue weighted by Crippen LogP contribution is -2.11. The Morgan fingerprint density at radius 2 is 1.68 bits per heavy atom. The third-order valence-electron chi connectivity index (χ3n) is 5.42. The minimum atomic E-state index is 0.407. The maximum Gasteiger partial charge on any atom is 0.148 e. The highest BCUT2D eigenvalue weighted by molar-refractivity contribution is 5.75. The topological polar surface area (TPSA) is 36.3 Å².